The molecule has 32 heavy (non-hydrogen) atoms. The minimum absolute atomic E-state index is 0.0233. The van der Waals surface area contributed by atoms with Crippen LogP contribution in [-0.2, 0) is 27.2 Å². The van der Waals surface area contributed by atoms with Gasteiger partial charge in [0.2, 0.25) is 5.91 Å². The largest absolute Gasteiger partial charge is 0.482 e. The van der Waals surface area contributed by atoms with Gasteiger partial charge in [0.05, 0.1) is 6.42 Å². The molecule has 0 radical (unpaired) electrons. The summed E-state index contributed by atoms with van der Waals surface area (Å²) in [6.07, 6.45) is 14.0. The molecule has 2 aliphatic carbocycles. The van der Waals surface area contributed by atoms with Crippen molar-refractivity contribution in [3.8, 4) is 5.75 Å². The first-order valence-corrected chi connectivity index (χ1v) is 12.7. The molecule has 2 unspecified atom stereocenters. The van der Waals surface area contributed by atoms with E-state index in [1.54, 1.807) is 6.92 Å². The lowest BCUT2D eigenvalue weighted by Gasteiger charge is -2.32. The van der Waals surface area contributed by atoms with Crippen LogP contribution >= 0.6 is 0 Å². The second-order valence-electron chi connectivity index (χ2n) is 9.88. The van der Waals surface area contributed by atoms with Gasteiger partial charge in [-0.3, -0.25) is 4.79 Å². The number of fused-ring (bicyclic) bond motifs is 2. The normalized spacial score (nSPS) is 22.6. The van der Waals surface area contributed by atoms with Crippen molar-refractivity contribution in [1.82, 2.24) is 0 Å². The summed E-state index contributed by atoms with van der Waals surface area (Å²) in [5.74, 6) is 2.26. The molecule has 1 saturated carbocycles. The van der Waals surface area contributed by atoms with Crippen LogP contribution in [0.5, 0.6) is 5.75 Å². The van der Waals surface area contributed by atoms with Crippen molar-refractivity contribution in [3.63, 3.8) is 0 Å². The number of carbonyl (C=O) groups excluding carboxylic acids is 2. The Kier molecular flexibility index (Phi) is 9.43. The summed E-state index contributed by atoms with van der Waals surface area (Å²) in [6, 6.07) is 6.22. The van der Waals surface area contributed by atoms with Gasteiger partial charge in [0, 0.05) is 0 Å². The highest BCUT2D eigenvalue weighted by Crippen LogP contribution is 2.48. The van der Waals surface area contributed by atoms with Crippen LogP contribution in [0.3, 0.4) is 0 Å². The zero-order valence-corrected chi connectivity index (χ0v) is 19.9. The Morgan fingerprint density at radius 1 is 1.09 bits per heavy atom. The van der Waals surface area contributed by atoms with Crippen molar-refractivity contribution in [2.75, 3.05) is 6.61 Å². The van der Waals surface area contributed by atoms with E-state index in [0.29, 0.717) is 0 Å². The molecule has 1 aromatic rings. The smallest absolute Gasteiger partial charge is 0.344 e. The van der Waals surface area contributed by atoms with Crippen LogP contribution < -0.4 is 10.5 Å². The number of unbranched alkanes of at least 4 members (excludes halogenated alkanes) is 5. The highest BCUT2D eigenvalue weighted by Gasteiger charge is 2.39. The van der Waals surface area contributed by atoms with Crippen LogP contribution in [0.2, 0.25) is 0 Å². The Balaban J connectivity index is 1.50. The van der Waals surface area contributed by atoms with Gasteiger partial charge < -0.3 is 15.2 Å². The van der Waals surface area contributed by atoms with E-state index in [1.165, 1.54) is 68.9 Å². The van der Waals surface area contributed by atoms with Gasteiger partial charge in [-0.2, -0.15) is 0 Å². The highest BCUT2D eigenvalue weighted by atomic mass is 16.6. The Morgan fingerprint density at radius 2 is 1.88 bits per heavy atom. The average molecular weight is 444 g/mol. The highest BCUT2D eigenvalue weighted by molar-refractivity contribution is 5.75. The first-order valence-electron chi connectivity index (χ1n) is 12.7. The van der Waals surface area contributed by atoms with E-state index in [0.717, 1.165) is 36.3 Å². The third-order valence-electron chi connectivity index (χ3n) is 7.37. The van der Waals surface area contributed by atoms with Gasteiger partial charge in [0.25, 0.3) is 0 Å². The predicted molar refractivity (Wildman–Crippen MR) is 126 cm³/mol. The number of ether oxygens (including phenoxy) is 2. The summed E-state index contributed by atoms with van der Waals surface area (Å²) in [5, 5.41) is 0. The maximum absolute atomic E-state index is 12.1. The Hall–Kier alpha value is -2.04. The summed E-state index contributed by atoms with van der Waals surface area (Å²) in [7, 11) is 0. The fourth-order valence-electron chi connectivity index (χ4n) is 5.78. The van der Waals surface area contributed by atoms with Gasteiger partial charge in [0.15, 0.2) is 6.61 Å². The SMILES string of the molecule is CCCCCCCC[C@H]1CCC2Cc3c(cccc3OCC(=O)OC(C)CC(N)=O)C[C@@H]21. The molecule has 0 aromatic heterocycles. The standard InChI is InChI=1S/C27H41NO4/c1-3-4-5-6-7-8-10-20-13-14-22-17-24-21(16-23(20)22)11-9-12-25(24)31-18-27(30)32-19(2)15-26(28)29/h9,11-12,19-20,22-23H,3-8,10,13-18H2,1-2H3,(H2,28,29)/t19?,20-,22?,23+/m0/s1. The quantitative estimate of drug-likeness (QED) is 0.329. The zero-order chi connectivity index (χ0) is 22.9. The molecule has 5 heteroatoms. The lowest BCUT2D eigenvalue weighted by molar-refractivity contribution is -0.151. The number of hydrogen-bond acceptors (Lipinski definition) is 4. The summed E-state index contributed by atoms with van der Waals surface area (Å²) in [6.45, 7) is 3.79. The molecule has 0 spiro atoms. The van der Waals surface area contributed by atoms with Crippen molar-refractivity contribution in [2.24, 2.45) is 23.5 Å². The second kappa shape index (κ2) is 12.3. The van der Waals surface area contributed by atoms with Crippen LogP contribution in [0.4, 0.5) is 0 Å². The number of carbonyl (C=O) groups is 2. The zero-order valence-electron chi connectivity index (χ0n) is 19.9. The molecule has 1 fully saturated rings. The molecule has 0 saturated heterocycles. The first-order chi connectivity index (χ1) is 15.5. The fraction of sp³-hybridized carbons (Fsp3) is 0.704. The van der Waals surface area contributed by atoms with Gasteiger partial charge in [0.1, 0.15) is 11.9 Å². The minimum Gasteiger partial charge on any atom is -0.482 e. The summed E-state index contributed by atoms with van der Waals surface area (Å²) >= 11 is 0. The lowest BCUT2D eigenvalue weighted by Crippen LogP contribution is -2.27. The number of amides is 1. The Labute approximate surface area is 193 Å². The summed E-state index contributed by atoms with van der Waals surface area (Å²) < 4.78 is 11.1. The van der Waals surface area contributed by atoms with Gasteiger partial charge in [-0.05, 0) is 67.6 Å². The molecule has 0 heterocycles. The van der Waals surface area contributed by atoms with Crippen molar-refractivity contribution >= 4 is 11.9 Å². The van der Waals surface area contributed by atoms with E-state index >= 15 is 0 Å². The number of rotatable bonds is 13. The molecule has 4 atom stereocenters. The van der Waals surface area contributed by atoms with E-state index in [2.05, 4.69) is 13.0 Å². The number of nitrogens with two attached hydrogens (primary N) is 1. The lowest BCUT2D eigenvalue weighted by atomic mass is 9.73. The molecule has 0 bridgehead atoms. The van der Waals surface area contributed by atoms with Crippen molar-refractivity contribution in [2.45, 2.75) is 97.0 Å². The van der Waals surface area contributed by atoms with Crippen LogP contribution in [0.15, 0.2) is 18.2 Å². The van der Waals surface area contributed by atoms with Crippen LogP contribution in [0.25, 0.3) is 0 Å². The summed E-state index contributed by atoms with van der Waals surface area (Å²) in [5.41, 5.74) is 7.81. The van der Waals surface area contributed by atoms with Crippen LogP contribution in [0, 0.1) is 17.8 Å². The average Bonchev–Trinajstić information content (AvgIpc) is 3.14. The maximum atomic E-state index is 12.1. The van der Waals surface area contributed by atoms with E-state index in [4.69, 9.17) is 15.2 Å². The van der Waals surface area contributed by atoms with E-state index < -0.39 is 18.0 Å². The molecule has 178 valence electrons. The molecule has 2 aliphatic rings. The Morgan fingerprint density at radius 3 is 2.66 bits per heavy atom. The number of primary amides is 1. The van der Waals surface area contributed by atoms with Crippen LogP contribution in [-0.4, -0.2) is 24.6 Å². The minimum atomic E-state index is -0.531. The van der Waals surface area contributed by atoms with E-state index in [1.807, 2.05) is 12.1 Å². The van der Waals surface area contributed by atoms with E-state index in [9.17, 15) is 9.59 Å². The van der Waals surface area contributed by atoms with Crippen molar-refractivity contribution in [1.29, 1.82) is 0 Å². The summed E-state index contributed by atoms with van der Waals surface area (Å²) in [4.78, 5) is 23.0. The molecule has 3 rings (SSSR count). The first kappa shape index (κ1) is 24.6. The van der Waals surface area contributed by atoms with E-state index in [-0.39, 0.29) is 13.0 Å². The van der Waals surface area contributed by atoms with Crippen LogP contribution in [0.1, 0.15) is 89.2 Å². The third kappa shape index (κ3) is 6.98. The number of benzene rings is 1. The molecular formula is C27H41NO4. The second-order valence-corrected chi connectivity index (χ2v) is 9.88. The topological polar surface area (TPSA) is 78.6 Å². The molecular weight excluding hydrogens is 402 g/mol. The van der Waals surface area contributed by atoms with Crippen molar-refractivity contribution < 1.29 is 19.1 Å². The van der Waals surface area contributed by atoms with Gasteiger partial charge in [-0.15, -0.1) is 0 Å². The van der Waals surface area contributed by atoms with Crippen molar-refractivity contribution in [3.05, 3.63) is 29.3 Å². The molecule has 5 nitrogen and oxygen atoms in total. The van der Waals surface area contributed by atoms with Gasteiger partial charge in [-0.25, -0.2) is 4.79 Å². The molecule has 2 N–H and O–H groups in total. The fourth-order valence-corrected chi connectivity index (χ4v) is 5.78. The maximum Gasteiger partial charge on any atom is 0.344 e. The monoisotopic (exact) mass is 443 g/mol. The Bertz CT molecular complexity index is 762. The third-order valence-corrected chi connectivity index (χ3v) is 7.37. The molecule has 1 amide bonds. The van der Waals surface area contributed by atoms with Gasteiger partial charge >= 0.3 is 5.97 Å². The number of hydrogen-bond donors (Lipinski definition) is 1. The predicted octanol–water partition coefficient (Wildman–Crippen LogP) is 5.36. The number of esters is 1. The molecule has 0 aliphatic heterocycles. The van der Waals surface area contributed by atoms with Gasteiger partial charge in [-0.1, -0.05) is 64.0 Å². The molecule has 1 aromatic carbocycles.